The lowest BCUT2D eigenvalue weighted by Crippen LogP contribution is -2.80. The van der Waals surface area contributed by atoms with E-state index in [0.717, 1.165) is 32.8 Å². The van der Waals surface area contributed by atoms with Crippen molar-refractivity contribution in [1.82, 2.24) is 19.0 Å². The number of rotatable bonds is 7. The highest BCUT2D eigenvalue weighted by molar-refractivity contribution is 6.82. The molecule has 0 saturated carbocycles. The Kier molecular flexibility index (Phi) is 7.62. The molecule has 1 rings (SSSR count). The molecule has 0 atom stereocenters. The largest absolute Gasteiger partial charge is 0.459 e. The molecule has 0 radical (unpaired) electrons. The van der Waals surface area contributed by atoms with Crippen LogP contribution in [-0.2, 0) is 4.65 Å². The third kappa shape index (κ3) is 3.42. The Morgan fingerprint density at radius 3 is 1.85 bits per heavy atom. The Labute approximate surface area is 127 Å². The second-order valence-electron chi connectivity index (χ2n) is 5.32. The molecule has 20 heavy (non-hydrogen) atoms. The van der Waals surface area contributed by atoms with E-state index in [4.69, 9.17) is 4.65 Å². The van der Waals surface area contributed by atoms with Crippen molar-refractivity contribution in [3.63, 3.8) is 0 Å². The molecule has 0 aromatic carbocycles. The van der Waals surface area contributed by atoms with Gasteiger partial charge in [-0.15, -0.1) is 0 Å². The van der Waals surface area contributed by atoms with Gasteiger partial charge < -0.3 is 23.6 Å². The van der Waals surface area contributed by atoms with Crippen LogP contribution >= 0.6 is 0 Å². The average Bonchev–Trinajstić information content (AvgIpc) is 2.46. The lowest BCUT2D eigenvalue weighted by Gasteiger charge is -2.53. The van der Waals surface area contributed by atoms with Crippen molar-refractivity contribution in [2.75, 3.05) is 39.8 Å². The topological polar surface area (TPSA) is 22.2 Å². The van der Waals surface area contributed by atoms with E-state index in [9.17, 15) is 0 Å². The second kappa shape index (κ2) is 8.44. The molecule has 1 heterocycles. The molecule has 1 fully saturated rings. The summed E-state index contributed by atoms with van der Waals surface area (Å²) >= 11 is 0. The van der Waals surface area contributed by atoms with Gasteiger partial charge in [0.2, 0.25) is 0 Å². The van der Waals surface area contributed by atoms with Gasteiger partial charge in [0.25, 0.3) is 6.98 Å². The van der Waals surface area contributed by atoms with Crippen molar-refractivity contribution in [3.05, 3.63) is 0 Å². The van der Waals surface area contributed by atoms with Gasteiger partial charge in [-0.2, -0.15) is 0 Å². The minimum atomic E-state index is 0.0757. The maximum Gasteiger partial charge on any atom is 0.459 e. The fraction of sp³-hybridized carbons (Fsp3) is 1.00. The normalized spacial score (nSPS) is 19.5. The minimum absolute atomic E-state index is 0.0757. The number of hydrogen-bond donors (Lipinski definition) is 0. The van der Waals surface area contributed by atoms with E-state index in [0.29, 0.717) is 14.1 Å². The van der Waals surface area contributed by atoms with Crippen molar-refractivity contribution in [2.45, 2.75) is 41.4 Å². The fourth-order valence-corrected chi connectivity index (χ4v) is 3.24. The van der Waals surface area contributed by atoms with E-state index in [-0.39, 0.29) is 7.19 Å². The van der Waals surface area contributed by atoms with Crippen LogP contribution in [0.25, 0.3) is 0 Å². The van der Waals surface area contributed by atoms with Crippen molar-refractivity contribution >= 4 is 21.3 Å². The van der Waals surface area contributed by atoms with E-state index in [1.807, 2.05) is 0 Å². The summed E-state index contributed by atoms with van der Waals surface area (Å²) < 4.78 is 13.5. The van der Waals surface area contributed by atoms with Crippen LogP contribution in [0.1, 0.15) is 34.6 Å². The molecular weight excluding hydrogens is 249 g/mol. The summed E-state index contributed by atoms with van der Waals surface area (Å²) in [5, 5.41) is 0. The molecule has 0 aromatic rings. The van der Waals surface area contributed by atoms with Crippen molar-refractivity contribution < 1.29 is 4.65 Å². The second-order valence-corrected chi connectivity index (χ2v) is 5.32. The van der Waals surface area contributed by atoms with Gasteiger partial charge in [-0.05, 0) is 40.2 Å². The third-order valence-electron chi connectivity index (χ3n) is 4.42. The zero-order valence-electron chi connectivity index (χ0n) is 14.5. The van der Waals surface area contributed by atoms with Crippen LogP contribution in [0.3, 0.4) is 0 Å². The molecule has 5 nitrogen and oxygen atoms in total. The molecule has 0 aliphatic carbocycles. The predicted molar refractivity (Wildman–Crippen MR) is 90.2 cm³/mol. The number of hydrogen-bond acceptors (Lipinski definition) is 5. The lowest BCUT2D eigenvalue weighted by molar-refractivity contribution is 0.247. The molecule has 8 heteroatoms. The van der Waals surface area contributed by atoms with E-state index < -0.39 is 0 Å². The SMILES string of the molecule is CCOB1N(CC)B(C)N(CC)B(N(C)CC)N1CC. The first kappa shape index (κ1) is 18.0. The summed E-state index contributed by atoms with van der Waals surface area (Å²) in [5.74, 6) is 0. The Morgan fingerprint density at radius 2 is 1.45 bits per heavy atom. The van der Waals surface area contributed by atoms with E-state index in [2.05, 4.69) is 67.5 Å². The van der Waals surface area contributed by atoms with Gasteiger partial charge in [-0.3, -0.25) is 0 Å². The third-order valence-corrected chi connectivity index (χ3v) is 4.42. The van der Waals surface area contributed by atoms with Gasteiger partial charge in [0.1, 0.15) is 0 Å². The molecule has 0 N–H and O–H groups in total. The van der Waals surface area contributed by atoms with Crippen LogP contribution in [0.15, 0.2) is 0 Å². The Balaban J connectivity index is 3.12. The highest BCUT2D eigenvalue weighted by Gasteiger charge is 2.52. The zero-order chi connectivity index (χ0) is 15.3. The first-order chi connectivity index (χ1) is 9.56. The van der Waals surface area contributed by atoms with Gasteiger partial charge in [0.05, 0.1) is 0 Å². The molecule has 0 bridgehead atoms. The van der Waals surface area contributed by atoms with Crippen LogP contribution in [0.4, 0.5) is 0 Å². The first-order valence-electron chi connectivity index (χ1n) is 8.16. The summed E-state index contributed by atoms with van der Waals surface area (Å²) in [6, 6.07) is 0. The Bertz CT molecular complexity index is 287. The van der Waals surface area contributed by atoms with E-state index in [1.54, 1.807) is 0 Å². The van der Waals surface area contributed by atoms with Crippen LogP contribution in [0.5, 0.6) is 0 Å². The Hall–Kier alpha value is -0.00519. The van der Waals surface area contributed by atoms with Crippen molar-refractivity contribution in [2.24, 2.45) is 0 Å². The van der Waals surface area contributed by atoms with Gasteiger partial charge in [0, 0.05) is 6.61 Å². The molecule has 1 saturated heterocycles. The molecular formula is C12H31B3N4O. The predicted octanol–water partition coefficient (Wildman–Crippen LogP) is 1.04. The fourth-order valence-electron chi connectivity index (χ4n) is 3.24. The Morgan fingerprint density at radius 1 is 0.900 bits per heavy atom. The standard InChI is InChI=1S/C12H31B3N4O/c1-8-16(7)14-17(9-2)13(6)18(10-3)15(20-12-5)19(14)11-4/h8-12H2,1-7H3. The summed E-state index contributed by atoms with van der Waals surface area (Å²) in [7, 11) is 2.59. The number of nitrogens with zero attached hydrogens (tertiary/aromatic N) is 4. The lowest BCUT2D eigenvalue weighted by atomic mass is 9.52. The smallest absolute Gasteiger partial charge is 0.409 e. The van der Waals surface area contributed by atoms with E-state index >= 15 is 0 Å². The van der Waals surface area contributed by atoms with Gasteiger partial charge in [-0.25, -0.2) is 0 Å². The summed E-state index contributed by atoms with van der Waals surface area (Å²) in [6.45, 7) is 18.5. The summed E-state index contributed by atoms with van der Waals surface area (Å²) in [4.78, 5) is 2.41. The van der Waals surface area contributed by atoms with Crippen molar-refractivity contribution in [1.29, 1.82) is 0 Å². The molecule has 1 aliphatic heterocycles. The molecule has 114 valence electrons. The maximum absolute atomic E-state index is 6.08. The minimum Gasteiger partial charge on any atom is -0.409 e. The van der Waals surface area contributed by atoms with E-state index in [1.165, 1.54) is 0 Å². The highest BCUT2D eigenvalue weighted by atomic mass is 16.5. The summed E-state index contributed by atoms with van der Waals surface area (Å²) in [5.41, 5.74) is 0. The molecule has 0 unspecified atom stereocenters. The van der Waals surface area contributed by atoms with Gasteiger partial charge >= 0.3 is 14.3 Å². The molecule has 0 amide bonds. The van der Waals surface area contributed by atoms with Crippen LogP contribution < -0.4 is 0 Å². The molecule has 1 aliphatic rings. The van der Waals surface area contributed by atoms with Gasteiger partial charge in [0.15, 0.2) is 0 Å². The summed E-state index contributed by atoms with van der Waals surface area (Å²) in [6.07, 6.45) is 0. The van der Waals surface area contributed by atoms with Crippen LogP contribution in [-0.4, -0.2) is 80.1 Å². The molecule has 0 aromatic heterocycles. The highest BCUT2D eigenvalue weighted by Crippen LogP contribution is 2.21. The average molecular weight is 280 g/mol. The van der Waals surface area contributed by atoms with Crippen LogP contribution in [0.2, 0.25) is 6.82 Å². The zero-order valence-corrected chi connectivity index (χ0v) is 14.5. The quantitative estimate of drug-likeness (QED) is 0.648. The van der Waals surface area contributed by atoms with Crippen molar-refractivity contribution in [3.8, 4) is 0 Å². The first-order valence-corrected chi connectivity index (χ1v) is 8.16. The van der Waals surface area contributed by atoms with Crippen LogP contribution in [0, 0.1) is 0 Å². The van der Waals surface area contributed by atoms with Gasteiger partial charge in [-0.1, -0.05) is 34.5 Å². The maximum atomic E-state index is 6.08. The monoisotopic (exact) mass is 280 g/mol. The molecule has 0 spiro atoms.